The monoisotopic (exact) mass is 280 g/mol. The minimum Gasteiger partial charge on any atom is -0.308 e. The lowest BCUT2D eigenvalue weighted by Gasteiger charge is -2.21. The first-order chi connectivity index (χ1) is 8.96. The molecule has 1 aromatic carbocycles. The summed E-state index contributed by atoms with van der Waals surface area (Å²) in [5.41, 5.74) is 0.593. The molecule has 19 heavy (non-hydrogen) atoms. The van der Waals surface area contributed by atoms with Crippen LogP contribution in [-0.2, 0) is 6.54 Å². The average Bonchev–Trinajstić information content (AvgIpc) is 2.79. The smallest absolute Gasteiger partial charge is 0.188 e. The number of hydrogen-bond donors (Lipinski definition) is 2. The van der Waals surface area contributed by atoms with Gasteiger partial charge in [-0.05, 0) is 44.7 Å². The lowest BCUT2D eigenvalue weighted by molar-refractivity contribution is 0.416. The van der Waals surface area contributed by atoms with Gasteiger partial charge in [-0.1, -0.05) is 6.07 Å². The Kier molecular flexibility index (Phi) is 4.21. The van der Waals surface area contributed by atoms with Crippen LogP contribution in [-0.4, -0.2) is 20.7 Å². The quantitative estimate of drug-likeness (QED) is 0.904. The van der Waals surface area contributed by atoms with Gasteiger partial charge in [0.1, 0.15) is 12.1 Å². The van der Waals surface area contributed by atoms with Crippen molar-refractivity contribution in [2.45, 2.75) is 42.9 Å². The number of aromatic amines is 1. The van der Waals surface area contributed by atoms with E-state index in [9.17, 15) is 4.39 Å². The standard InChI is InChI=1S/C13H17FN4S/c1-13(2,3)16-7-9-10(14)5-4-6-11(9)19-12-15-8-17-18-12/h4-6,8,16H,7H2,1-3H3,(H,15,17,18). The molecular formula is C13H17FN4S. The predicted molar refractivity (Wildman–Crippen MR) is 73.5 cm³/mol. The van der Waals surface area contributed by atoms with Gasteiger partial charge in [-0.15, -0.1) is 0 Å². The Labute approximate surface area is 116 Å². The molecule has 0 bridgehead atoms. The van der Waals surface area contributed by atoms with Crippen molar-refractivity contribution in [3.05, 3.63) is 35.9 Å². The summed E-state index contributed by atoms with van der Waals surface area (Å²) < 4.78 is 14.0. The Bertz CT molecular complexity index is 534. The summed E-state index contributed by atoms with van der Waals surface area (Å²) in [5.74, 6) is -0.207. The second-order valence-electron chi connectivity index (χ2n) is 5.21. The Balaban J connectivity index is 2.20. The average molecular weight is 280 g/mol. The molecule has 0 unspecified atom stereocenters. The number of aromatic nitrogens is 3. The fourth-order valence-electron chi connectivity index (χ4n) is 1.51. The minimum absolute atomic E-state index is 0.0591. The third-order valence-electron chi connectivity index (χ3n) is 2.47. The number of nitrogens with one attached hydrogen (secondary N) is 2. The van der Waals surface area contributed by atoms with Gasteiger partial charge in [-0.3, -0.25) is 5.10 Å². The molecule has 2 aromatic rings. The maximum atomic E-state index is 14.0. The van der Waals surface area contributed by atoms with Crippen LogP contribution in [0.2, 0.25) is 0 Å². The van der Waals surface area contributed by atoms with Gasteiger partial charge in [0.15, 0.2) is 5.16 Å². The summed E-state index contributed by atoms with van der Waals surface area (Å²) in [6.07, 6.45) is 1.44. The van der Waals surface area contributed by atoms with Crippen LogP contribution in [0.4, 0.5) is 4.39 Å². The van der Waals surface area contributed by atoms with Gasteiger partial charge in [0.05, 0.1) is 0 Å². The number of rotatable bonds is 4. The highest BCUT2D eigenvalue weighted by atomic mass is 32.2. The summed E-state index contributed by atoms with van der Waals surface area (Å²) >= 11 is 1.38. The van der Waals surface area contributed by atoms with Crippen molar-refractivity contribution in [2.75, 3.05) is 0 Å². The van der Waals surface area contributed by atoms with Gasteiger partial charge in [0.25, 0.3) is 0 Å². The highest BCUT2D eigenvalue weighted by Gasteiger charge is 2.14. The summed E-state index contributed by atoms with van der Waals surface area (Å²) in [4.78, 5) is 4.89. The van der Waals surface area contributed by atoms with Crippen LogP contribution >= 0.6 is 11.8 Å². The van der Waals surface area contributed by atoms with Crippen LogP contribution in [0.25, 0.3) is 0 Å². The Morgan fingerprint density at radius 3 is 2.79 bits per heavy atom. The molecule has 1 heterocycles. The van der Waals surface area contributed by atoms with Crippen molar-refractivity contribution in [1.82, 2.24) is 20.5 Å². The van der Waals surface area contributed by atoms with E-state index in [2.05, 4.69) is 41.3 Å². The van der Waals surface area contributed by atoms with Crippen molar-refractivity contribution < 1.29 is 4.39 Å². The van der Waals surface area contributed by atoms with Crippen LogP contribution in [0.5, 0.6) is 0 Å². The fraction of sp³-hybridized carbons (Fsp3) is 0.385. The molecule has 0 aliphatic carbocycles. The Morgan fingerprint density at radius 1 is 1.37 bits per heavy atom. The molecule has 0 radical (unpaired) electrons. The molecular weight excluding hydrogens is 263 g/mol. The van der Waals surface area contributed by atoms with Crippen LogP contribution in [0, 0.1) is 5.82 Å². The summed E-state index contributed by atoms with van der Waals surface area (Å²) in [6.45, 7) is 6.64. The largest absolute Gasteiger partial charge is 0.308 e. The van der Waals surface area contributed by atoms with Gasteiger partial charge >= 0.3 is 0 Å². The van der Waals surface area contributed by atoms with Gasteiger partial charge < -0.3 is 5.32 Å². The zero-order valence-electron chi connectivity index (χ0n) is 11.2. The molecule has 0 spiro atoms. The van der Waals surface area contributed by atoms with Gasteiger partial charge in [0, 0.05) is 22.5 Å². The molecule has 0 atom stereocenters. The van der Waals surface area contributed by atoms with Crippen molar-refractivity contribution in [1.29, 1.82) is 0 Å². The third kappa shape index (κ3) is 4.04. The van der Waals surface area contributed by atoms with Crippen molar-refractivity contribution >= 4 is 11.8 Å². The van der Waals surface area contributed by atoms with E-state index >= 15 is 0 Å². The SMILES string of the molecule is CC(C)(C)NCc1c(F)cccc1Sc1ncn[nH]1. The van der Waals surface area contributed by atoms with E-state index in [0.717, 1.165) is 4.90 Å². The van der Waals surface area contributed by atoms with E-state index in [4.69, 9.17) is 0 Å². The number of hydrogen-bond acceptors (Lipinski definition) is 4. The van der Waals surface area contributed by atoms with Crippen LogP contribution < -0.4 is 5.32 Å². The number of benzene rings is 1. The molecule has 102 valence electrons. The van der Waals surface area contributed by atoms with Gasteiger partial charge in [-0.25, -0.2) is 9.37 Å². The molecule has 1 aromatic heterocycles. The minimum atomic E-state index is -0.207. The molecule has 2 N–H and O–H groups in total. The molecule has 0 fully saturated rings. The van der Waals surface area contributed by atoms with Crippen molar-refractivity contribution in [3.8, 4) is 0 Å². The molecule has 0 saturated heterocycles. The van der Waals surface area contributed by atoms with Crippen LogP contribution in [0.15, 0.2) is 34.6 Å². The zero-order valence-corrected chi connectivity index (χ0v) is 12.0. The van der Waals surface area contributed by atoms with E-state index in [1.165, 1.54) is 24.2 Å². The molecule has 4 nitrogen and oxygen atoms in total. The topological polar surface area (TPSA) is 53.6 Å². The second-order valence-corrected chi connectivity index (χ2v) is 6.24. The van der Waals surface area contributed by atoms with E-state index in [0.29, 0.717) is 17.3 Å². The van der Waals surface area contributed by atoms with Gasteiger partial charge in [0.2, 0.25) is 0 Å². The summed E-state index contributed by atoms with van der Waals surface area (Å²) in [6, 6.07) is 5.06. The van der Waals surface area contributed by atoms with Gasteiger partial charge in [-0.2, -0.15) is 5.10 Å². The van der Waals surface area contributed by atoms with E-state index in [1.54, 1.807) is 6.07 Å². The predicted octanol–water partition coefficient (Wildman–Crippen LogP) is 2.98. The molecule has 0 aliphatic rings. The van der Waals surface area contributed by atoms with E-state index < -0.39 is 0 Å². The maximum Gasteiger partial charge on any atom is 0.188 e. The number of nitrogens with zero attached hydrogens (tertiary/aromatic N) is 2. The van der Waals surface area contributed by atoms with E-state index in [1.807, 2.05) is 6.07 Å². The zero-order chi connectivity index (χ0) is 13.9. The second kappa shape index (κ2) is 5.71. The molecule has 0 saturated carbocycles. The Morgan fingerprint density at radius 2 is 2.16 bits per heavy atom. The maximum absolute atomic E-state index is 14.0. The highest BCUT2D eigenvalue weighted by Crippen LogP contribution is 2.29. The summed E-state index contributed by atoms with van der Waals surface area (Å²) in [5, 5.41) is 10.5. The van der Waals surface area contributed by atoms with E-state index in [-0.39, 0.29) is 11.4 Å². The molecule has 0 aliphatic heterocycles. The number of H-pyrrole nitrogens is 1. The lowest BCUT2D eigenvalue weighted by Crippen LogP contribution is -2.35. The summed E-state index contributed by atoms with van der Waals surface area (Å²) in [7, 11) is 0. The molecule has 0 amide bonds. The van der Waals surface area contributed by atoms with Crippen LogP contribution in [0.3, 0.4) is 0 Å². The fourth-order valence-corrected chi connectivity index (χ4v) is 2.35. The van der Waals surface area contributed by atoms with Crippen molar-refractivity contribution in [3.63, 3.8) is 0 Å². The highest BCUT2D eigenvalue weighted by molar-refractivity contribution is 7.99. The molecule has 6 heteroatoms. The van der Waals surface area contributed by atoms with Crippen molar-refractivity contribution in [2.24, 2.45) is 0 Å². The lowest BCUT2D eigenvalue weighted by atomic mass is 10.1. The number of halogens is 1. The first kappa shape index (κ1) is 14.0. The Hall–Kier alpha value is -1.40. The normalized spacial score (nSPS) is 11.8. The first-order valence-electron chi connectivity index (χ1n) is 6.01. The third-order valence-corrected chi connectivity index (χ3v) is 3.46. The first-order valence-corrected chi connectivity index (χ1v) is 6.83. The molecule has 2 rings (SSSR count). The van der Waals surface area contributed by atoms with Crippen LogP contribution in [0.1, 0.15) is 26.3 Å².